The van der Waals surface area contributed by atoms with E-state index in [0.29, 0.717) is 43.2 Å². The van der Waals surface area contributed by atoms with E-state index in [-0.39, 0.29) is 17.7 Å². The Bertz CT molecular complexity index is 990. The van der Waals surface area contributed by atoms with Crippen LogP contribution in [0.1, 0.15) is 29.1 Å². The normalized spacial score (nSPS) is 14.6. The van der Waals surface area contributed by atoms with Crippen LogP contribution in [-0.2, 0) is 4.79 Å². The lowest BCUT2D eigenvalue weighted by Gasteiger charge is -2.31. The van der Waals surface area contributed by atoms with E-state index in [1.165, 1.54) is 0 Å². The van der Waals surface area contributed by atoms with Gasteiger partial charge in [0.15, 0.2) is 0 Å². The van der Waals surface area contributed by atoms with Crippen molar-refractivity contribution >= 4 is 17.5 Å². The molecule has 29 heavy (non-hydrogen) atoms. The number of anilines is 1. The molecule has 7 heteroatoms. The summed E-state index contributed by atoms with van der Waals surface area (Å²) in [6, 6.07) is 16.6. The molecular weight excluding hydrogens is 368 g/mol. The molecule has 0 atom stereocenters. The van der Waals surface area contributed by atoms with E-state index >= 15 is 0 Å². The van der Waals surface area contributed by atoms with E-state index in [4.69, 9.17) is 4.52 Å². The van der Waals surface area contributed by atoms with Crippen LogP contribution in [0, 0.1) is 12.8 Å². The van der Waals surface area contributed by atoms with Crippen LogP contribution in [0.5, 0.6) is 0 Å². The standard InChI is InChI=1S/C22H22N4O3/c1-15-23-20(25-29-15)16-7-9-18(10-8-16)22(28)26-13-11-17(12-14-26)21(27)24-19-5-3-2-4-6-19/h2-10,17H,11-14H2,1H3,(H,24,27). The fraction of sp³-hybridized carbons (Fsp3) is 0.273. The first-order valence-electron chi connectivity index (χ1n) is 9.66. The van der Waals surface area contributed by atoms with Crippen LogP contribution < -0.4 is 5.32 Å². The summed E-state index contributed by atoms with van der Waals surface area (Å²) in [5.74, 6) is 0.917. The van der Waals surface area contributed by atoms with E-state index < -0.39 is 0 Å². The highest BCUT2D eigenvalue weighted by atomic mass is 16.5. The van der Waals surface area contributed by atoms with Gasteiger partial charge in [-0.05, 0) is 37.1 Å². The van der Waals surface area contributed by atoms with Crippen molar-refractivity contribution in [1.82, 2.24) is 15.0 Å². The Morgan fingerprint density at radius 1 is 1.03 bits per heavy atom. The number of aryl methyl sites for hydroxylation is 1. The van der Waals surface area contributed by atoms with E-state index in [9.17, 15) is 9.59 Å². The zero-order valence-electron chi connectivity index (χ0n) is 16.2. The molecular formula is C22H22N4O3. The molecule has 2 heterocycles. The molecule has 0 saturated carbocycles. The number of piperidine rings is 1. The molecule has 148 valence electrons. The van der Waals surface area contributed by atoms with Gasteiger partial charge in [-0.3, -0.25) is 9.59 Å². The van der Waals surface area contributed by atoms with Crippen LogP contribution in [0.25, 0.3) is 11.4 Å². The molecule has 0 bridgehead atoms. The maximum absolute atomic E-state index is 12.8. The van der Waals surface area contributed by atoms with Gasteiger partial charge in [-0.15, -0.1) is 0 Å². The number of hydrogen-bond acceptors (Lipinski definition) is 5. The summed E-state index contributed by atoms with van der Waals surface area (Å²) < 4.78 is 4.99. The molecule has 0 radical (unpaired) electrons. The van der Waals surface area contributed by atoms with Gasteiger partial charge >= 0.3 is 0 Å². The highest BCUT2D eigenvalue weighted by molar-refractivity contribution is 5.95. The number of carbonyl (C=O) groups is 2. The molecule has 4 rings (SSSR count). The number of amides is 2. The van der Waals surface area contributed by atoms with Crippen LogP contribution in [0.4, 0.5) is 5.69 Å². The minimum atomic E-state index is -0.0805. The summed E-state index contributed by atoms with van der Waals surface area (Å²) in [5, 5.41) is 6.83. The van der Waals surface area contributed by atoms with Crippen molar-refractivity contribution in [3.8, 4) is 11.4 Å². The van der Waals surface area contributed by atoms with Gasteiger partial charge < -0.3 is 14.7 Å². The molecule has 2 aromatic carbocycles. The minimum absolute atomic E-state index is 0.0167. The lowest BCUT2D eigenvalue weighted by molar-refractivity contribution is -0.121. The maximum Gasteiger partial charge on any atom is 0.253 e. The van der Waals surface area contributed by atoms with Crippen molar-refractivity contribution < 1.29 is 14.1 Å². The highest BCUT2D eigenvalue weighted by Gasteiger charge is 2.28. The molecule has 0 aliphatic carbocycles. The molecule has 0 unspecified atom stereocenters. The van der Waals surface area contributed by atoms with E-state index in [1.54, 1.807) is 24.0 Å². The number of rotatable bonds is 4. The Labute approximate surface area is 168 Å². The lowest BCUT2D eigenvalue weighted by Crippen LogP contribution is -2.41. The van der Waals surface area contributed by atoms with Crippen molar-refractivity contribution in [2.24, 2.45) is 5.92 Å². The second-order valence-corrected chi connectivity index (χ2v) is 7.14. The van der Waals surface area contributed by atoms with Gasteiger partial charge in [0.1, 0.15) is 0 Å². The van der Waals surface area contributed by atoms with Gasteiger partial charge in [-0.1, -0.05) is 35.5 Å². The molecule has 1 N–H and O–H groups in total. The third-order valence-corrected chi connectivity index (χ3v) is 5.11. The van der Waals surface area contributed by atoms with Gasteiger partial charge in [0.2, 0.25) is 17.6 Å². The van der Waals surface area contributed by atoms with E-state index in [0.717, 1.165) is 11.3 Å². The van der Waals surface area contributed by atoms with Gasteiger partial charge in [0.25, 0.3) is 5.91 Å². The summed E-state index contributed by atoms with van der Waals surface area (Å²) in [7, 11) is 0. The predicted molar refractivity (Wildman–Crippen MR) is 108 cm³/mol. The zero-order valence-corrected chi connectivity index (χ0v) is 16.2. The average Bonchev–Trinajstić information content (AvgIpc) is 3.20. The molecule has 1 saturated heterocycles. The molecule has 1 fully saturated rings. The number of hydrogen-bond donors (Lipinski definition) is 1. The van der Waals surface area contributed by atoms with Crippen molar-refractivity contribution in [1.29, 1.82) is 0 Å². The Morgan fingerprint density at radius 3 is 2.34 bits per heavy atom. The van der Waals surface area contributed by atoms with Gasteiger partial charge in [-0.2, -0.15) is 4.98 Å². The van der Waals surface area contributed by atoms with Crippen molar-refractivity contribution in [2.75, 3.05) is 18.4 Å². The van der Waals surface area contributed by atoms with Crippen LogP contribution in [-0.4, -0.2) is 39.9 Å². The predicted octanol–water partition coefficient (Wildman–Crippen LogP) is 3.54. The largest absolute Gasteiger partial charge is 0.339 e. The number of para-hydroxylation sites is 1. The first kappa shape index (κ1) is 18.9. The lowest BCUT2D eigenvalue weighted by atomic mass is 9.95. The molecule has 2 amide bonds. The van der Waals surface area contributed by atoms with Crippen LogP contribution in [0.2, 0.25) is 0 Å². The summed E-state index contributed by atoms with van der Waals surface area (Å²) in [5.41, 5.74) is 2.21. The molecule has 0 spiro atoms. The Morgan fingerprint density at radius 2 is 1.72 bits per heavy atom. The summed E-state index contributed by atoms with van der Waals surface area (Å²) in [4.78, 5) is 31.2. The quantitative estimate of drug-likeness (QED) is 0.736. The third kappa shape index (κ3) is 4.34. The summed E-state index contributed by atoms with van der Waals surface area (Å²) >= 11 is 0. The van der Waals surface area contributed by atoms with Crippen LogP contribution in [0.3, 0.4) is 0 Å². The molecule has 1 aliphatic rings. The number of likely N-dealkylation sites (tertiary alicyclic amines) is 1. The number of nitrogens with one attached hydrogen (secondary N) is 1. The van der Waals surface area contributed by atoms with Crippen LogP contribution in [0.15, 0.2) is 59.1 Å². The third-order valence-electron chi connectivity index (χ3n) is 5.11. The van der Waals surface area contributed by atoms with Crippen molar-refractivity contribution in [3.05, 3.63) is 66.1 Å². The Kier molecular flexibility index (Phi) is 5.37. The van der Waals surface area contributed by atoms with Crippen molar-refractivity contribution in [3.63, 3.8) is 0 Å². The molecule has 7 nitrogen and oxygen atoms in total. The summed E-state index contributed by atoms with van der Waals surface area (Å²) in [6.45, 7) is 2.87. The fourth-order valence-electron chi connectivity index (χ4n) is 3.47. The number of nitrogens with zero attached hydrogens (tertiary/aromatic N) is 3. The summed E-state index contributed by atoms with van der Waals surface area (Å²) in [6.07, 6.45) is 1.31. The topological polar surface area (TPSA) is 88.3 Å². The maximum atomic E-state index is 12.8. The second-order valence-electron chi connectivity index (χ2n) is 7.14. The number of benzene rings is 2. The van der Waals surface area contributed by atoms with E-state index in [1.807, 2.05) is 42.5 Å². The van der Waals surface area contributed by atoms with Gasteiger partial charge in [0.05, 0.1) is 0 Å². The van der Waals surface area contributed by atoms with E-state index in [2.05, 4.69) is 15.5 Å². The fourth-order valence-corrected chi connectivity index (χ4v) is 3.47. The van der Waals surface area contributed by atoms with Gasteiger partial charge in [-0.25, -0.2) is 0 Å². The number of aromatic nitrogens is 2. The first-order chi connectivity index (χ1) is 14.1. The monoisotopic (exact) mass is 390 g/mol. The Hall–Kier alpha value is -3.48. The van der Waals surface area contributed by atoms with Crippen LogP contribution >= 0.6 is 0 Å². The first-order valence-corrected chi connectivity index (χ1v) is 9.66. The Balaban J connectivity index is 1.33. The number of carbonyl (C=O) groups excluding carboxylic acids is 2. The molecule has 1 aliphatic heterocycles. The highest BCUT2D eigenvalue weighted by Crippen LogP contribution is 2.22. The van der Waals surface area contributed by atoms with Crippen molar-refractivity contribution in [2.45, 2.75) is 19.8 Å². The second kappa shape index (κ2) is 8.26. The smallest absolute Gasteiger partial charge is 0.253 e. The average molecular weight is 390 g/mol. The SMILES string of the molecule is Cc1nc(-c2ccc(C(=O)N3CCC(C(=O)Nc4ccccc4)CC3)cc2)no1. The zero-order chi connectivity index (χ0) is 20.2. The molecule has 1 aromatic heterocycles. The minimum Gasteiger partial charge on any atom is -0.339 e. The van der Waals surface area contributed by atoms with Gasteiger partial charge in [0, 0.05) is 42.7 Å². The molecule has 3 aromatic rings.